The van der Waals surface area contributed by atoms with E-state index in [1.807, 2.05) is 0 Å². The van der Waals surface area contributed by atoms with Gasteiger partial charge in [0.15, 0.2) is 6.23 Å². The molecule has 10 nitrogen and oxygen atoms in total. The Balaban J connectivity index is 1.84. The predicted octanol–water partition coefficient (Wildman–Crippen LogP) is 0.0862. The van der Waals surface area contributed by atoms with E-state index < -0.39 is 42.7 Å². The van der Waals surface area contributed by atoms with Crippen molar-refractivity contribution in [3.05, 3.63) is 58.1 Å². The average molecular weight is 419 g/mol. The molecule has 1 aliphatic heterocycles. The molecule has 162 valence electrons. The van der Waals surface area contributed by atoms with Crippen molar-refractivity contribution in [2.45, 2.75) is 31.5 Å². The molecule has 30 heavy (non-hydrogen) atoms. The minimum absolute atomic E-state index is 0.124. The summed E-state index contributed by atoms with van der Waals surface area (Å²) in [7, 11) is 1.51. The number of nitrogens with zero attached hydrogens (tertiary/aromatic N) is 2. The summed E-state index contributed by atoms with van der Waals surface area (Å²) in [5, 5.41) is 22.5. The Morgan fingerprint density at radius 1 is 1.30 bits per heavy atom. The third kappa shape index (κ3) is 4.74. The van der Waals surface area contributed by atoms with Crippen molar-refractivity contribution < 1.29 is 29.2 Å². The van der Waals surface area contributed by atoms with Gasteiger partial charge in [0.2, 0.25) is 0 Å². The third-order valence-corrected chi connectivity index (χ3v) is 4.77. The quantitative estimate of drug-likeness (QED) is 0.513. The largest absolute Gasteiger partial charge is 0.394 e. The van der Waals surface area contributed by atoms with Gasteiger partial charge in [-0.05, 0) is 19.1 Å². The van der Waals surface area contributed by atoms with E-state index in [1.165, 1.54) is 17.9 Å². The Labute approximate surface area is 173 Å². The summed E-state index contributed by atoms with van der Waals surface area (Å²) >= 11 is 0. The first kappa shape index (κ1) is 22.1. The summed E-state index contributed by atoms with van der Waals surface area (Å²) in [6.07, 6.45) is -2.47. The van der Waals surface area contributed by atoms with Gasteiger partial charge in [0.05, 0.1) is 19.8 Å². The zero-order valence-electron chi connectivity index (χ0n) is 16.7. The SMILES string of the molecule is COCCOC1C(O)[C@@H](CO)O[C@H]1n1cc(C)c(NC(=O)c2ccccc2)nc1=O. The fraction of sp³-hybridized carbons (Fsp3) is 0.450. The van der Waals surface area contributed by atoms with Crippen molar-refractivity contribution in [2.24, 2.45) is 0 Å². The first-order chi connectivity index (χ1) is 14.5. The molecule has 0 radical (unpaired) electrons. The highest BCUT2D eigenvalue weighted by molar-refractivity contribution is 6.03. The first-order valence-electron chi connectivity index (χ1n) is 9.47. The van der Waals surface area contributed by atoms with E-state index in [0.717, 1.165) is 0 Å². The van der Waals surface area contributed by atoms with Gasteiger partial charge in [-0.15, -0.1) is 0 Å². The first-order valence-corrected chi connectivity index (χ1v) is 9.47. The lowest BCUT2D eigenvalue weighted by atomic mass is 10.1. The zero-order chi connectivity index (χ0) is 21.7. The van der Waals surface area contributed by atoms with Crippen LogP contribution < -0.4 is 11.0 Å². The van der Waals surface area contributed by atoms with Crippen molar-refractivity contribution in [3.63, 3.8) is 0 Å². The van der Waals surface area contributed by atoms with Crippen LogP contribution in [0.1, 0.15) is 22.1 Å². The molecule has 0 saturated carbocycles. The van der Waals surface area contributed by atoms with Crippen LogP contribution >= 0.6 is 0 Å². The highest BCUT2D eigenvalue weighted by Gasteiger charge is 2.45. The summed E-state index contributed by atoms with van der Waals surface area (Å²) in [5.41, 5.74) is 0.252. The lowest BCUT2D eigenvalue weighted by Gasteiger charge is -2.23. The minimum Gasteiger partial charge on any atom is -0.394 e. The molecular weight excluding hydrogens is 394 g/mol. The third-order valence-electron chi connectivity index (χ3n) is 4.77. The summed E-state index contributed by atoms with van der Waals surface area (Å²) < 4.78 is 17.4. The number of carbonyl (C=O) groups is 1. The number of ether oxygens (including phenoxy) is 3. The van der Waals surface area contributed by atoms with Crippen molar-refractivity contribution >= 4 is 11.7 Å². The molecule has 0 aliphatic carbocycles. The maximum Gasteiger partial charge on any atom is 0.351 e. The van der Waals surface area contributed by atoms with E-state index in [-0.39, 0.29) is 19.0 Å². The number of aryl methyl sites for hydroxylation is 1. The zero-order valence-corrected chi connectivity index (χ0v) is 16.7. The lowest BCUT2D eigenvalue weighted by molar-refractivity contribution is -0.0819. The smallest absolute Gasteiger partial charge is 0.351 e. The van der Waals surface area contributed by atoms with Crippen LogP contribution in [0.2, 0.25) is 0 Å². The lowest BCUT2D eigenvalue weighted by Crippen LogP contribution is -2.39. The number of hydrogen-bond donors (Lipinski definition) is 3. The summed E-state index contributed by atoms with van der Waals surface area (Å²) in [6.45, 7) is 1.70. The van der Waals surface area contributed by atoms with Gasteiger partial charge < -0.3 is 29.7 Å². The maximum absolute atomic E-state index is 12.7. The molecule has 1 amide bonds. The van der Waals surface area contributed by atoms with Crippen LogP contribution in [-0.4, -0.2) is 70.9 Å². The van der Waals surface area contributed by atoms with Crippen LogP contribution in [0.5, 0.6) is 0 Å². The number of aromatic nitrogens is 2. The molecule has 0 bridgehead atoms. The molecule has 10 heteroatoms. The second kappa shape index (κ2) is 9.92. The van der Waals surface area contributed by atoms with Crippen LogP contribution in [0.3, 0.4) is 0 Å². The van der Waals surface area contributed by atoms with E-state index >= 15 is 0 Å². The number of nitrogens with one attached hydrogen (secondary N) is 1. The van der Waals surface area contributed by atoms with Crippen LogP contribution in [0.15, 0.2) is 41.3 Å². The van der Waals surface area contributed by atoms with E-state index in [2.05, 4.69) is 10.3 Å². The Kier molecular flexibility index (Phi) is 7.29. The fourth-order valence-corrected chi connectivity index (χ4v) is 3.19. The second-order valence-electron chi connectivity index (χ2n) is 6.85. The minimum atomic E-state index is -1.14. The van der Waals surface area contributed by atoms with E-state index in [0.29, 0.717) is 11.1 Å². The molecule has 3 N–H and O–H groups in total. The number of anilines is 1. The van der Waals surface area contributed by atoms with Crippen LogP contribution in [0.4, 0.5) is 5.82 Å². The number of amides is 1. The molecule has 1 aromatic carbocycles. The molecule has 3 rings (SSSR count). The second-order valence-corrected chi connectivity index (χ2v) is 6.85. The number of methoxy groups -OCH3 is 1. The molecule has 4 atom stereocenters. The molecule has 1 aliphatic rings. The molecule has 2 heterocycles. The fourth-order valence-electron chi connectivity index (χ4n) is 3.19. The van der Waals surface area contributed by atoms with E-state index in [4.69, 9.17) is 14.2 Å². The van der Waals surface area contributed by atoms with Crippen molar-refractivity contribution in [2.75, 3.05) is 32.2 Å². The number of aliphatic hydroxyl groups is 2. The van der Waals surface area contributed by atoms with Crippen LogP contribution in [0, 0.1) is 6.92 Å². The van der Waals surface area contributed by atoms with Gasteiger partial charge in [-0.1, -0.05) is 18.2 Å². The summed E-state index contributed by atoms with van der Waals surface area (Å²) in [6, 6.07) is 8.56. The molecular formula is C20H25N3O7. The molecule has 2 aromatic rings. The van der Waals surface area contributed by atoms with Crippen molar-refractivity contribution in [1.82, 2.24) is 9.55 Å². The standard InChI is InChI=1S/C20H25N3O7/c1-12-10-23(19-16(29-9-8-28-2)15(25)14(11-24)30-19)20(27)22-17(12)21-18(26)13-6-4-3-5-7-13/h3-7,10,14-16,19,24-25H,8-9,11H2,1-2H3,(H,21,22,26,27)/t14-,15?,16?,19-/m1/s1. The number of rotatable bonds is 8. The van der Waals surface area contributed by atoms with Gasteiger partial charge in [0, 0.05) is 24.4 Å². The molecule has 1 saturated heterocycles. The highest BCUT2D eigenvalue weighted by Crippen LogP contribution is 2.31. The molecule has 0 spiro atoms. The van der Waals surface area contributed by atoms with Crippen molar-refractivity contribution in [3.8, 4) is 0 Å². The average Bonchev–Trinajstić information content (AvgIpc) is 3.06. The van der Waals surface area contributed by atoms with Crippen LogP contribution in [0.25, 0.3) is 0 Å². The number of hydrogen-bond acceptors (Lipinski definition) is 8. The van der Waals surface area contributed by atoms with Crippen molar-refractivity contribution in [1.29, 1.82) is 0 Å². The van der Waals surface area contributed by atoms with Gasteiger partial charge in [-0.3, -0.25) is 9.36 Å². The van der Waals surface area contributed by atoms with Gasteiger partial charge in [0.25, 0.3) is 5.91 Å². The monoisotopic (exact) mass is 419 g/mol. The Morgan fingerprint density at radius 3 is 2.70 bits per heavy atom. The van der Waals surface area contributed by atoms with E-state index in [1.54, 1.807) is 37.3 Å². The highest BCUT2D eigenvalue weighted by atomic mass is 16.6. The Morgan fingerprint density at radius 2 is 2.03 bits per heavy atom. The summed E-state index contributed by atoms with van der Waals surface area (Å²) in [5.74, 6) is -0.267. The molecule has 2 unspecified atom stereocenters. The maximum atomic E-state index is 12.7. The normalized spacial score (nSPS) is 23.5. The van der Waals surface area contributed by atoms with Gasteiger partial charge >= 0.3 is 5.69 Å². The molecule has 1 aromatic heterocycles. The number of carbonyl (C=O) groups excluding carboxylic acids is 1. The van der Waals surface area contributed by atoms with Crippen LogP contribution in [-0.2, 0) is 14.2 Å². The van der Waals surface area contributed by atoms with Gasteiger partial charge in [0.1, 0.15) is 24.1 Å². The van der Waals surface area contributed by atoms with Gasteiger partial charge in [-0.2, -0.15) is 4.98 Å². The topological polar surface area (TPSA) is 132 Å². The van der Waals surface area contributed by atoms with Gasteiger partial charge in [-0.25, -0.2) is 4.79 Å². The Hall–Kier alpha value is -2.63. The number of benzene rings is 1. The summed E-state index contributed by atoms with van der Waals surface area (Å²) in [4.78, 5) is 29.0. The number of aliphatic hydroxyl groups excluding tert-OH is 2. The van der Waals surface area contributed by atoms with E-state index in [9.17, 15) is 19.8 Å². The predicted molar refractivity (Wildman–Crippen MR) is 106 cm³/mol. The molecule has 1 fully saturated rings. The Bertz CT molecular complexity index is 918.